The summed E-state index contributed by atoms with van der Waals surface area (Å²) in [6, 6.07) is 3.80. The molecular weight excluding hydrogens is 178 g/mol. The summed E-state index contributed by atoms with van der Waals surface area (Å²) in [6.07, 6.45) is 0. The van der Waals surface area contributed by atoms with E-state index in [-0.39, 0.29) is 12.6 Å². The van der Waals surface area contributed by atoms with E-state index in [9.17, 15) is 0 Å². The standard InChI is InChI=1S/C10H17N3O/c1-7(2)9(6-14)11-10-5-4-8(3)12-13-10/h4-5,7,9,14H,6H2,1-3H3,(H,11,13). The number of nitrogens with one attached hydrogen (secondary N) is 1. The van der Waals surface area contributed by atoms with Crippen molar-refractivity contribution in [2.75, 3.05) is 11.9 Å². The van der Waals surface area contributed by atoms with Crippen LogP contribution >= 0.6 is 0 Å². The molecule has 1 rings (SSSR count). The first-order valence-electron chi connectivity index (χ1n) is 4.81. The van der Waals surface area contributed by atoms with Gasteiger partial charge in [0, 0.05) is 0 Å². The Morgan fingerprint density at radius 1 is 1.36 bits per heavy atom. The van der Waals surface area contributed by atoms with Crippen molar-refractivity contribution in [3.8, 4) is 0 Å². The third kappa shape index (κ3) is 2.96. The Hall–Kier alpha value is -1.16. The molecule has 14 heavy (non-hydrogen) atoms. The largest absolute Gasteiger partial charge is 0.394 e. The van der Waals surface area contributed by atoms with Crippen LogP contribution in [0, 0.1) is 12.8 Å². The van der Waals surface area contributed by atoms with E-state index in [2.05, 4.69) is 29.4 Å². The average Bonchev–Trinajstić information content (AvgIpc) is 2.16. The average molecular weight is 195 g/mol. The van der Waals surface area contributed by atoms with Gasteiger partial charge in [-0.25, -0.2) is 0 Å². The van der Waals surface area contributed by atoms with Gasteiger partial charge in [0.1, 0.15) is 5.82 Å². The van der Waals surface area contributed by atoms with Crippen LogP contribution in [0.4, 0.5) is 5.82 Å². The van der Waals surface area contributed by atoms with E-state index in [1.165, 1.54) is 0 Å². The second-order valence-corrected chi connectivity index (χ2v) is 3.74. The molecule has 0 spiro atoms. The lowest BCUT2D eigenvalue weighted by Gasteiger charge is -2.19. The van der Waals surface area contributed by atoms with Crippen LogP contribution < -0.4 is 5.32 Å². The van der Waals surface area contributed by atoms with Gasteiger partial charge in [0.15, 0.2) is 0 Å². The minimum atomic E-state index is 0.0343. The summed E-state index contributed by atoms with van der Waals surface area (Å²) >= 11 is 0. The Balaban J connectivity index is 2.63. The number of aromatic nitrogens is 2. The molecule has 0 aromatic carbocycles. The second-order valence-electron chi connectivity index (χ2n) is 3.74. The molecular formula is C10H17N3O. The monoisotopic (exact) mass is 195 g/mol. The van der Waals surface area contributed by atoms with Crippen molar-refractivity contribution in [3.05, 3.63) is 17.8 Å². The van der Waals surface area contributed by atoms with Gasteiger partial charge in [-0.05, 0) is 25.0 Å². The summed E-state index contributed by atoms with van der Waals surface area (Å²) in [5.41, 5.74) is 0.889. The topological polar surface area (TPSA) is 58.0 Å². The number of rotatable bonds is 4. The van der Waals surface area contributed by atoms with Crippen molar-refractivity contribution in [2.24, 2.45) is 5.92 Å². The van der Waals surface area contributed by atoms with E-state index in [1.54, 1.807) is 0 Å². The highest BCUT2D eigenvalue weighted by molar-refractivity contribution is 5.34. The maximum atomic E-state index is 9.10. The highest BCUT2D eigenvalue weighted by atomic mass is 16.3. The molecule has 2 N–H and O–H groups in total. The lowest BCUT2D eigenvalue weighted by atomic mass is 10.1. The van der Waals surface area contributed by atoms with Crippen LogP contribution in [0.5, 0.6) is 0 Å². The van der Waals surface area contributed by atoms with Crippen molar-refractivity contribution in [2.45, 2.75) is 26.8 Å². The molecule has 0 fully saturated rings. The molecule has 4 nitrogen and oxygen atoms in total. The zero-order chi connectivity index (χ0) is 10.6. The summed E-state index contributed by atoms with van der Waals surface area (Å²) in [5.74, 6) is 1.08. The van der Waals surface area contributed by atoms with Crippen LogP contribution in [0.15, 0.2) is 12.1 Å². The quantitative estimate of drug-likeness (QED) is 0.758. The summed E-state index contributed by atoms with van der Waals surface area (Å²) in [4.78, 5) is 0. The molecule has 0 saturated carbocycles. The maximum Gasteiger partial charge on any atom is 0.148 e. The molecule has 4 heteroatoms. The third-order valence-electron chi connectivity index (χ3n) is 2.13. The van der Waals surface area contributed by atoms with E-state index >= 15 is 0 Å². The molecule has 0 aliphatic rings. The zero-order valence-electron chi connectivity index (χ0n) is 8.86. The Morgan fingerprint density at radius 2 is 2.07 bits per heavy atom. The van der Waals surface area contributed by atoms with Crippen molar-refractivity contribution >= 4 is 5.82 Å². The lowest BCUT2D eigenvalue weighted by Crippen LogP contribution is -2.29. The van der Waals surface area contributed by atoms with Crippen molar-refractivity contribution < 1.29 is 5.11 Å². The predicted molar refractivity (Wildman–Crippen MR) is 56.1 cm³/mol. The summed E-state index contributed by atoms with van der Waals surface area (Å²) in [5, 5.41) is 20.1. The van der Waals surface area contributed by atoms with Gasteiger partial charge in [-0.3, -0.25) is 0 Å². The number of anilines is 1. The Labute approximate surface area is 84.4 Å². The van der Waals surface area contributed by atoms with Gasteiger partial charge in [0.05, 0.1) is 18.3 Å². The number of hydrogen-bond acceptors (Lipinski definition) is 4. The third-order valence-corrected chi connectivity index (χ3v) is 2.13. The first kappa shape index (κ1) is 10.9. The second kappa shape index (κ2) is 4.91. The van der Waals surface area contributed by atoms with E-state index in [4.69, 9.17) is 5.11 Å². The fourth-order valence-electron chi connectivity index (χ4n) is 1.09. The molecule has 1 aromatic rings. The minimum absolute atomic E-state index is 0.0343. The molecule has 0 bridgehead atoms. The number of nitrogens with zero attached hydrogens (tertiary/aromatic N) is 2. The first-order valence-corrected chi connectivity index (χ1v) is 4.81. The smallest absolute Gasteiger partial charge is 0.148 e. The number of aliphatic hydroxyl groups is 1. The van der Waals surface area contributed by atoms with Gasteiger partial charge in [-0.2, -0.15) is 5.10 Å². The van der Waals surface area contributed by atoms with Gasteiger partial charge in [0.25, 0.3) is 0 Å². The summed E-state index contributed by atoms with van der Waals surface area (Å²) in [7, 11) is 0. The maximum absolute atomic E-state index is 9.10. The van der Waals surface area contributed by atoms with Crippen LogP contribution in [0.2, 0.25) is 0 Å². The van der Waals surface area contributed by atoms with Crippen molar-refractivity contribution in [3.63, 3.8) is 0 Å². The number of hydrogen-bond donors (Lipinski definition) is 2. The molecule has 78 valence electrons. The van der Waals surface area contributed by atoms with Crippen LogP contribution in [0.1, 0.15) is 19.5 Å². The van der Waals surface area contributed by atoms with E-state index < -0.39 is 0 Å². The number of aliphatic hydroxyl groups excluding tert-OH is 1. The van der Waals surface area contributed by atoms with Crippen LogP contribution in [0.25, 0.3) is 0 Å². The number of aryl methyl sites for hydroxylation is 1. The fourth-order valence-corrected chi connectivity index (χ4v) is 1.09. The normalized spacial score (nSPS) is 12.9. The van der Waals surface area contributed by atoms with Gasteiger partial charge in [-0.1, -0.05) is 13.8 Å². The minimum Gasteiger partial charge on any atom is -0.394 e. The molecule has 1 unspecified atom stereocenters. The van der Waals surface area contributed by atoms with Gasteiger partial charge in [-0.15, -0.1) is 5.10 Å². The Morgan fingerprint density at radius 3 is 2.50 bits per heavy atom. The highest BCUT2D eigenvalue weighted by Crippen LogP contribution is 2.08. The fraction of sp³-hybridized carbons (Fsp3) is 0.600. The lowest BCUT2D eigenvalue weighted by molar-refractivity contribution is 0.249. The van der Waals surface area contributed by atoms with E-state index in [0.717, 1.165) is 5.69 Å². The van der Waals surface area contributed by atoms with Gasteiger partial charge < -0.3 is 10.4 Å². The molecule has 0 saturated heterocycles. The van der Waals surface area contributed by atoms with E-state index in [1.807, 2.05) is 19.1 Å². The van der Waals surface area contributed by atoms with Gasteiger partial charge in [0.2, 0.25) is 0 Å². The van der Waals surface area contributed by atoms with Crippen molar-refractivity contribution in [1.29, 1.82) is 0 Å². The Kier molecular flexibility index (Phi) is 3.83. The Bertz CT molecular complexity index is 271. The highest BCUT2D eigenvalue weighted by Gasteiger charge is 2.11. The van der Waals surface area contributed by atoms with Gasteiger partial charge >= 0.3 is 0 Å². The molecule has 0 amide bonds. The van der Waals surface area contributed by atoms with Crippen LogP contribution in [-0.2, 0) is 0 Å². The summed E-state index contributed by atoms with van der Waals surface area (Å²) < 4.78 is 0. The molecule has 1 aromatic heterocycles. The molecule has 1 heterocycles. The van der Waals surface area contributed by atoms with Crippen LogP contribution in [0.3, 0.4) is 0 Å². The van der Waals surface area contributed by atoms with E-state index in [0.29, 0.717) is 11.7 Å². The van der Waals surface area contributed by atoms with Crippen molar-refractivity contribution in [1.82, 2.24) is 10.2 Å². The summed E-state index contributed by atoms with van der Waals surface area (Å²) in [6.45, 7) is 6.10. The molecule has 0 aliphatic heterocycles. The zero-order valence-corrected chi connectivity index (χ0v) is 8.86. The molecule has 1 atom stereocenters. The van der Waals surface area contributed by atoms with Crippen LogP contribution in [-0.4, -0.2) is 28.0 Å². The molecule has 0 radical (unpaired) electrons. The SMILES string of the molecule is Cc1ccc(NC(CO)C(C)C)nn1. The first-order chi connectivity index (χ1) is 6.63. The predicted octanol–water partition coefficient (Wildman–Crippen LogP) is 1.21. The molecule has 0 aliphatic carbocycles.